The molecule has 0 bridgehead atoms. The third-order valence-electron chi connectivity index (χ3n) is 10.7. The molecule has 0 aliphatic carbocycles. The fourth-order valence-corrected chi connectivity index (χ4v) is 8.46. The number of fused-ring (bicyclic) bond motifs is 2. The number of aromatic amines is 2. The van der Waals surface area contributed by atoms with E-state index in [0.29, 0.717) is 35.3 Å². The summed E-state index contributed by atoms with van der Waals surface area (Å²) in [5, 5.41) is 20.1. The van der Waals surface area contributed by atoms with E-state index in [1.54, 1.807) is 0 Å². The second-order valence-electron chi connectivity index (χ2n) is 15.5. The van der Waals surface area contributed by atoms with Crippen LogP contribution in [0.5, 0.6) is 11.5 Å². The largest absolute Gasteiger partial charge is 0.457 e. The Labute approximate surface area is 300 Å². The summed E-state index contributed by atoms with van der Waals surface area (Å²) in [6.07, 6.45) is 2.47. The van der Waals surface area contributed by atoms with Gasteiger partial charge < -0.3 is 24.5 Å². The van der Waals surface area contributed by atoms with Crippen LogP contribution in [0.3, 0.4) is 0 Å². The number of benzene rings is 4. The number of nitrogens with zero attached hydrogens (tertiary/aromatic N) is 2. The highest BCUT2D eigenvalue weighted by Crippen LogP contribution is 2.32. The van der Waals surface area contributed by atoms with Crippen LogP contribution in [0.1, 0.15) is 51.7 Å². The summed E-state index contributed by atoms with van der Waals surface area (Å²) in [6.45, 7) is 12.9. The maximum absolute atomic E-state index is 8.89. The third-order valence-corrected chi connectivity index (χ3v) is 10.7. The minimum Gasteiger partial charge on any atom is -0.457 e. The van der Waals surface area contributed by atoms with E-state index in [4.69, 9.17) is 15.6 Å². The molecule has 4 aromatic carbocycles. The molecule has 2 fully saturated rings. The minimum absolute atomic E-state index is 0.613. The van der Waals surface area contributed by atoms with Crippen LogP contribution in [0.2, 0.25) is 0 Å². The van der Waals surface area contributed by atoms with Crippen LogP contribution in [-0.4, -0.2) is 57.6 Å². The summed E-state index contributed by atoms with van der Waals surface area (Å²) in [4.78, 5) is 11.6. The SMILES string of the molecule is CC1CC(C)CN(C(=N)c2ccc3cc(-c4ccc(Oc5ccc(-c6cc7ccc(C(=N)N8CC(C)CC(C)C8)cc7[nH]6)cc5)cc4)[nH]c3c2)C1. The van der Waals surface area contributed by atoms with E-state index >= 15 is 0 Å². The molecule has 4 unspecified atom stereocenters. The zero-order valence-corrected chi connectivity index (χ0v) is 30.1. The van der Waals surface area contributed by atoms with E-state index in [0.717, 1.165) is 93.1 Å². The predicted octanol–water partition coefficient (Wildman–Crippen LogP) is 10.4. The summed E-state index contributed by atoms with van der Waals surface area (Å²) in [7, 11) is 0. The molecule has 0 radical (unpaired) electrons. The molecule has 2 saturated heterocycles. The van der Waals surface area contributed by atoms with Gasteiger partial charge in [0.15, 0.2) is 0 Å². The normalized spacial score (nSPS) is 20.9. The topological polar surface area (TPSA) is 95.0 Å². The minimum atomic E-state index is 0.613. The second kappa shape index (κ2) is 13.4. The molecular weight excluding hydrogens is 629 g/mol. The van der Waals surface area contributed by atoms with Crippen molar-refractivity contribution in [3.8, 4) is 34.0 Å². The van der Waals surface area contributed by atoms with Crippen LogP contribution in [0.25, 0.3) is 44.3 Å². The van der Waals surface area contributed by atoms with Crippen LogP contribution in [-0.2, 0) is 0 Å². The van der Waals surface area contributed by atoms with E-state index in [9.17, 15) is 0 Å². The van der Waals surface area contributed by atoms with Crippen molar-refractivity contribution in [2.75, 3.05) is 26.2 Å². The maximum Gasteiger partial charge on any atom is 0.128 e. The van der Waals surface area contributed by atoms with Gasteiger partial charge in [-0.15, -0.1) is 0 Å². The number of nitrogens with one attached hydrogen (secondary N) is 4. The molecule has 0 saturated carbocycles. The molecule has 7 nitrogen and oxygen atoms in total. The fourth-order valence-electron chi connectivity index (χ4n) is 8.46. The number of rotatable bonds is 6. The van der Waals surface area contributed by atoms with Gasteiger partial charge in [-0.25, -0.2) is 0 Å². The Morgan fingerprint density at radius 3 is 1.27 bits per heavy atom. The third kappa shape index (κ3) is 6.90. The second-order valence-corrected chi connectivity index (χ2v) is 15.5. The summed E-state index contributed by atoms with van der Waals surface area (Å²) in [5.41, 5.74) is 8.26. The van der Waals surface area contributed by atoms with E-state index in [1.165, 1.54) is 12.8 Å². The first-order valence-electron chi connectivity index (χ1n) is 18.5. The van der Waals surface area contributed by atoms with Crippen molar-refractivity contribution in [1.29, 1.82) is 10.8 Å². The van der Waals surface area contributed by atoms with Crippen molar-refractivity contribution in [3.05, 3.63) is 108 Å². The molecule has 260 valence electrons. The van der Waals surface area contributed by atoms with E-state index < -0.39 is 0 Å². The Balaban J connectivity index is 0.922. The van der Waals surface area contributed by atoms with Crippen molar-refractivity contribution >= 4 is 33.5 Å². The van der Waals surface area contributed by atoms with Gasteiger partial charge in [0.25, 0.3) is 0 Å². The molecule has 6 aromatic rings. The molecule has 2 aromatic heterocycles. The Hall–Kier alpha value is -5.30. The molecule has 4 atom stereocenters. The highest BCUT2D eigenvalue weighted by Gasteiger charge is 2.25. The van der Waals surface area contributed by atoms with Crippen molar-refractivity contribution in [1.82, 2.24) is 19.8 Å². The monoisotopic (exact) mass is 676 g/mol. The lowest BCUT2D eigenvalue weighted by atomic mass is 9.91. The van der Waals surface area contributed by atoms with Gasteiger partial charge in [0, 0.05) is 70.5 Å². The lowest BCUT2D eigenvalue weighted by Gasteiger charge is -2.36. The zero-order chi connectivity index (χ0) is 35.2. The quantitative estimate of drug-likeness (QED) is 0.104. The molecule has 0 amide bonds. The van der Waals surface area contributed by atoms with Gasteiger partial charge in [0.2, 0.25) is 0 Å². The molecule has 4 N–H and O–H groups in total. The number of ether oxygens (including phenoxy) is 1. The molecular formula is C44H48N6O. The molecule has 0 spiro atoms. The van der Waals surface area contributed by atoms with Crippen molar-refractivity contribution < 1.29 is 4.74 Å². The number of hydrogen-bond acceptors (Lipinski definition) is 3. The Morgan fingerprint density at radius 1 is 0.529 bits per heavy atom. The Kier molecular flexibility index (Phi) is 8.66. The lowest BCUT2D eigenvalue weighted by molar-refractivity contribution is 0.213. The lowest BCUT2D eigenvalue weighted by Crippen LogP contribution is -2.42. The Bertz CT molecular complexity index is 2030. The van der Waals surface area contributed by atoms with Gasteiger partial charge in [-0.05, 0) is 120 Å². The summed E-state index contributed by atoms with van der Waals surface area (Å²) >= 11 is 0. The van der Waals surface area contributed by atoms with Crippen molar-refractivity contribution in [2.24, 2.45) is 23.7 Å². The summed E-state index contributed by atoms with van der Waals surface area (Å²) in [5.74, 6) is 5.24. The van der Waals surface area contributed by atoms with Crippen LogP contribution in [0, 0.1) is 34.5 Å². The van der Waals surface area contributed by atoms with Gasteiger partial charge in [0.05, 0.1) is 0 Å². The number of hydrogen-bond donors (Lipinski definition) is 4. The maximum atomic E-state index is 8.89. The van der Waals surface area contributed by atoms with Crippen LogP contribution in [0.15, 0.2) is 97.1 Å². The van der Waals surface area contributed by atoms with Gasteiger partial charge in [-0.3, -0.25) is 10.8 Å². The summed E-state index contributed by atoms with van der Waals surface area (Å²) in [6, 6.07) is 33.3. The smallest absolute Gasteiger partial charge is 0.128 e. The van der Waals surface area contributed by atoms with Crippen molar-refractivity contribution in [3.63, 3.8) is 0 Å². The van der Waals surface area contributed by atoms with Crippen LogP contribution in [0.4, 0.5) is 0 Å². The fraction of sp³-hybridized carbons (Fsp3) is 0.318. The number of amidine groups is 2. The average Bonchev–Trinajstić information content (AvgIpc) is 3.75. The van der Waals surface area contributed by atoms with Gasteiger partial charge >= 0.3 is 0 Å². The standard InChI is InChI=1S/C44H48N6O/c1-27-17-28(2)24-49(23-27)43(45)35-7-5-33-19-39(47-41(33)21-35)31-9-13-37(14-10-31)51-38-15-11-32(12-16-38)40-20-34-6-8-36(22-42(34)48-40)44(46)50-25-29(3)18-30(4)26-50/h5-16,19-22,27-30,45-48H,17-18,23-26H2,1-4H3. The highest BCUT2D eigenvalue weighted by atomic mass is 16.5. The van der Waals surface area contributed by atoms with Gasteiger partial charge in [0.1, 0.15) is 23.2 Å². The van der Waals surface area contributed by atoms with E-state index in [1.807, 2.05) is 24.3 Å². The average molecular weight is 677 g/mol. The highest BCUT2D eigenvalue weighted by molar-refractivity contribution is 6.01. The van der Waals surface area contributed by atoms with Crippen LogP contribution >= 0.6 is 0 Å². The number of aromatic nitrogens is 2. The van der Waals surface area contributed by atoms with Crippen LogP contribution < -0.4 is 4.74 Å². The Morgan fingerprint density at radius 2 is 0.902 bits per heavy atom. The molecule has 8 rings (SSSR count). The summed E-state index contributed by atoms with van der Waals surface area (Å²) < 4.78 is 6.23. The molecule has 2 aliphatic rings. The molecule has 2 aliphatic heterocycles. The molecule has 4 heterocycles. The van der Waals surface area contributed by atoms with E-state index in [-0.39, 0.29) is 0 Å². The van der Waals surface area contributed by atoms with E-state index in [2.05, 4.69) is 120 Å². The first kappa shape index (κ1) is 32.9. The van der Waals surface area contributed by atoms with Crippen molar-refractivity contribution in [2.45, 2.75) is 40.5 Å². The molecule has 7 heteroatoms. The number of H-pyrrole nitrogens is 2. The first-order valence-corrected chi connectivity index (χ1v) is 18.5. The van der Waals surface area contributed by atoms with Gasteiger partial charge in [-0.1, -0.05) is 52.0 Å². The number of likely N-dealkylation sites (tertiary alicyclic amines) is 2. The number of piperidine rings is 2. The first-order chi connectivity index (χ1) is 24.6. The molecule has 51 heavy (non-hydrogen) atoms. The predicted molar refractivity (Wildman–Crippen MR) is 210 cm³/mol. The van der Waals surface area contributed by atoms with Gasteiger partial charge in [-0.2, -0.15) is 0 Å². The zero-order valence-electron chi connectivity index (χ0n) is 30.1.